The second-order valence-electron chi connectivity index (χ2n) is 0.808. The topological polar surface area (TPSA) is 110 Å². The number of nitrogens with zero attached hydrogens (tertiary/aromatic N) is 1. The molecule has 0 aliphatic carbocycles. The maximum Gasteiger partial charge on any atom is 0.362 e. The third-order valence-corrected chi connectivity index (χ3v) is 0.799. The van der Waals surface area contributed by atoms with Gasteiger partial charge in [-0.15, -0.1) is 0 Å². The van der Waals surface area contributed by atoms with Gasteiger partial charge in [0.1, 0.15) is 0 Å². The molecule has 0 aromatic rings. The predicted molar refractivity (Wildman–Crippen MR) is 21.8 cm³/mol. The summed E-state index contributed by atoms with van der Waals surface area (Å²) in [6.45, 7) is 0. The SMILES string of the molecule is NN(N)S(=O)(=O)O. The summed E-state index contributed by atoms with van der Waals surface area (Å²) in [7, 11) is -4.35. The molecule has 0 aliphatic heterocycles. The molecule has 0 bridgehead atoms. The Morgan fingerprint density at radius 3 is 1.57 bits per heavy atom. The normalized spacial score (nSPS) is 12.6. The van der Waals surface area contributed by atoms with Crippen molar-refractivity contribution in [3.05, 3.63) is 0 Å². The van der Waals surface area contributed by atoms with E-state index in [-0.39, 0.29) is 4.52 Å². The minimum absolute atomic E-state index is 0.285. The van der Waals surface area contributed by atoms with E-state index in [4.69, 9.17) is 4.55 Å². The van der Waals surface area contributed by atoms with Crippen LogP contribution in [0.1, 0.15) is 0 Å². The molecule has 0 saturated carbocycles. The van der Waals surface area contributed by atoms with E-state index in [2.05, 4.69) is 11.7 Å². The molecule has 7 heteroatoms. The lowest BCUT2D eigenvalue weighted by molar-refractivity contribution is 0.367. The first kappa shape index (κ1) is 6.79. The largest absolute Gasteiger partial charge is 0.362 e. The van der Waals surface area contributed by atoms with Gasteiger partial charge in [0.15, 0.2) is 0 Å². The molecular formula is H5N3O3S. The van der Waals surface area contributed by atoms with Gasteiger partial charge in [0, 0.05) is 0 Å². The number of rotatable bonds is 1. The van der Waals surface area contributed by atoms with Gasteiger partial charge < -0.3 is 0 Å². The highest BCUT2D eigenvalue weighted by Gasteiger charge is 2.06. The number of hydrazine groups is 2. The Bertz CT molecular complexity index is 132. The first-order valence-corrected chi connectivity index (χ1v) is 2.61. The van der Waals surface area contributed by atoms with Gasteiger partial charge in [0.25, 0.3) is 0 Å². The Morgan fingerprint density at radius 2 is 1.57 bits per heavy atom. The Morgan fingerprint density at radius 1 is 1.43 bits per heavy atom. The summed E-state index contributed by atoms with van der Waals surface area (Å²) in [4.78, 5) is 0. The highest BCUT2D eigenvalue weighted by atomic mass is 32.2. The van der Waals surface area contributed by atoms with Gasteiger partial charge in [-0.1, -0.05) is 4.52 Å². The third kappa shape index (κ3) is 2.48. The molecular weight excluding hydrogens is 122 g/mol. The van der Waals surface area contributed by atoms with Gasteiger partial charge in [0.2, 0.25) is 0 Å². The average Bonchev–Trinajstić information content (AvgIpc) is 1.31. The van der Waals surface area contributed by atoms with Crippen molar-refractivity contribution < 1.29 is 13.0 Å². The van der Waals surface area contributed by atoms with E-state index in [1.807, 2.05) is 0 Å². The van der Waals surface area contributed by atoms with Crippen molar-refractivity contribution in [1.82, 2.24) is 4.52 Å². The summed E-state index contributed by atoms with van der Waals surface area (Å²) in [6, 6.07) is 0. The van der Waals surface area contributed by atoms with Crippen LogP contribution in [0.25, 0.3) is 0 Å². The van der Waals surface area contributed by atoms with E-state index in [0.29, 0.717) is 0 Å². The molecule has 0 amide bonds. The Balaban J connectivity index is 4.10. The second-order valence-corrected chi connectivity index (χ2v) is 2.13. The molecule has 0 atom stereocenters. The van der Waals surface area contributed by atoms with Gasteiger partial charge in [-0.3, -0.25) is 4.55 Å². The Hall–Kier alpha value is -0.210. The molecule has 0 saturated heterocycles. The van der Waals surface area contributed by atoms with Gasteiger partial charge >= 0.3 is 10.3 Å². The van der Waals surface area contributed by atoms with Crippen molar-refractivity contribution in [3.63, 3.8) is 0 Å². The van der Waals surface area contributed by atoms with E-state index < -0.39 is 10.3 Å². The average molecular weight is 127 g/mol. The molecule has 44 valence electrons. The van der Waals surface area contributed by atoms with E-state index in [1.165, 1.54) is 0 Å². The fourth-order valence-corrected chi connectivity index (χ4v) is 0. The molecule has 0 aliphatic rings. The van der Waals surface area contributed by atoms with Crippen LogP contribution < -0.4 is 11.7 Å². The summed E-state index contributed by atoms with van der Waals surface area (Å²) >= 11 is 0. The van der Waals surface area contributed by atoms with Crippen LogP contribution in [0.5, 0.6) is 0 Å². The fraction of sp³-hybridized carbons (Fsp3) is 0. The monoisotopic (exact) mass is 127 g/mol. The zero-order chi connectivity index (χ0) is 6.08. The summed E-state index contributed by atoms with van der Waals surface area (Å²) in [5.41, 5.74) is 0. The highest BCUT2D eigenvalue weighted by molar-refractivity contribution is 7.83. The van der Waals surface area contributed by atoms with Gasteiger partial charge in [-0.05, 0) is 0 Å². The highest BCUT2D eigenvalue weighted by Crippen LogP contribution is 1.73. The quantitative estimate of drug-likeness (QED) is 0.211. The van der Waals surface area contributed by atoms with Crippen molar-refractivity contribution in [3.8, 4) is 0 Å². The van der Waals surface area contributed by atoms with E-state index in [0.717, 1.165) is 0 Å². The van der Waals surface area contributed by atoms with Crippen LogP contribution in [-0.4, -0.2) is 17.5 Å². The van der Waals surface area contributed by atoms with Crippen molar-refractivity contribution in [2.24, 2.45) is 11.7 Å². The minimum Gasteiger partial charge on any atom is -0.271 e. The molecule has 6 nitrogen and oxygen atoms in total. The molecule has 0 aromatic heterocycles. The van der Waals surface area contributed by atoms with Crippen LogP contribution in [0.3, 0.4) is 0 Å². The fourth-order valence-electron chi connectivity index (χ4n) is 0. The smallest absolute Gasteiger partial charge is 0.271 e. The molecule has 5 N–H and O–H groups in total. The van der Waals surface area contributed by atoms with E-state index >= 15 is 0 Å². The predicted octanol–water partition coefficient (Wildman–Crippen LogP) is -2.16. The molecule has 0 heterocycles. The molecule has 0 spiro atoms. The van der Waals surface area contributed by atoms with Crippen LogP contribution in [0.2, 0.25) is 0 Å². The number of hydrogen-bond donors (Lipinski definition) is 3. The van der Waals surface area contributed by atoms with Crippen LogP contribution in [-0.2, 0) is 10.3 Å². The zero-order valence-electron chi connectivity index (χ0n) is 3.27. The lowest BCUT2D eigenvalue weighted by Crippen LogP contribution is -2.42. The maximum absolute atomic E-state index is 9.56. The summed E-state index contributed by atoms with van der Waals surface area (Å²) < 4.78 is 26.6. The van der Waals surface area contributed by atoms with Crippen LogP contribution in [0.4, 0.5) is 0 Å². The molecule has 0 fully saturated rings. The first-order valence-electron chi connectivity index (χ1n) is 1.21. The van der Waals surface area contributed by atoms with E-state index in [9.17, 15) is 8.42 Å². The standard InChI is InChI=1S/H5N3O3S/c1-3(2)7(4,5)6/h1-2H2,(H,4,5,6). The summed E-state index contributed by atoms with van der Waals surface area (Å²) in [6.07, 6.45) is 0. The Labute approximate surface area is 40.5 Å². The third-order valence-electron chi connectivity index (χ3n) is 0.266. The van der Waals surface area contributed by atoms with Crippen LogP contribution in [0.15, 0.2) is 0 Å². The molecule has 0 aromatic carbocycles. The molecule has 0 unspecified atom stereocenters. The minimum atomic E-state index is -4.35. The second kappa shape index (κ2) is 1.72. The van der Waals surface area contributed by atoms with Crippen molar-refractivity contribution in [2.75, 3.05) is 0 Å². The van der Waals surface area contributed by atoms with E-state index in [1.54, 1.807) is 0 Å². The van der Waals surface area contributed by atoms with Crippen LogP contribution in [0, 0.1) is 0 Å². The molecule has 0 rings (SSSR count). The Kier molecular flexibility index (Phi) is 1.67. The summed E-state index contributed by atoms with van der Waals surface area (Å²) in [5.74, 6) is 8.69. The van der Waals surface area contributed by atoms with Crippen molar-refractivity contribution in [1.29, 1.82) is 0 Å². The number of nitrogens with two attached hydrogens (primary N) is 2. The molecule has 0 radical (unpaired) electrons. The van der Waals surface area contributed by atoms with Crippen molar-refractivity contribution in [2.45, 2.75) is 0 Å². The van der Waals surface area contributed by atoms with Gasteiger partial charge in [0.05, 0.1) is 0 Å². The number of hydrogen-bond acceptors (Lipinski definition) is 4. The van der Waals surface area contributed by atoms with Gasteiger partial charge in [-0.2, -0.15) is 8.42 Å². The summed E-state index contributed by atoms with van der Waals surface area (Å²) in [5, 5.41) is 0. The lowest BCUT2D eigenvalue weighted by Gasteiger charge is -2.00. The van der Waals surface area contributed by atoms with Gasteiger partial charge in [-0.25, -0.2) is 11.7 Å². The lowest BCUT2D eigenvalue weighted by atomic mass is 12.6. The van der Waals surface area contributed by atoms with Crippen LogP contribution >= 0.6 is 0 Å². The zero-order valence-corrected chi connectivity index (χ0v) is 4.09. The maximum atomic E-state index is 9.56. The molecule has 7 heavy (non-hydrogen) atoms. The van der Waals surface area contributed by atoms with Crippen molar-refractivity contribution >= 4 is 10.3 Å². The first-order chi connectivity index (χ1) is 2.94.